The first kappa shape index (κ1) is 20.5. The van der Waals surface area contributed by atoms with Crippen molar-refractivity contribution in [3.63, 3.8) is 0 Å². The molecular weight excluding hydrogens is 358 g/mol. The first-order valence-corrected chi connectivity index (χ1v) is 8.36. The molecule has 1 aliphatic heterocycles. The van der Waals surface area contributed by atoms with Crippen LogP contribution in [0.1, 0.15) is 27.7 Å². The van der Waals surface area contributed by atoms with Crippen LogP contribution in [-0.2, 0) is 33.3 Å². The summed E-state index contributed by atoms with van der Waals surface area (Å²) in [6.07, 6.45) is -5.00. The second-order valence-electron chi connectivity index (χ2n) is 6.12. The maximum Gasteiger partial charge on any atom is 0.303 e. The molecule has 2 unspecified atom stereocenters. The number of anilines is 1. The molecule has 27 heavy (non-hydrogen) atoms. The fraction of sp³-hybridized carbons (Fsp3) is 0.500. The fourth-order valence-electron chi connectivity index (χ4n) is 2.75. The fourth-order valence-corrected chi connectivity index (χ4v) is 2.75. The Bertz CT molecular complexity index is 689. The largest absolute Gasteiger partial charge is 0.461 e. The Morgan fingerprint density at radius 3 is 1.85 bits per heavy atom. The Balaban J connectivity index is 2.33. The van der Waals surface area contributed by atoms with Gasteiger partial charge in [-0.2, -0.15) is 0 Å². The van der Waals surface area contributed by atoms with Crippen LogP contribution in [0.3, 0.4) is 0 Å². The van der Waals surface area contributed by atoms with Crippen molar-refractivity contribution < 1.29 is 38.1 Å². The molecule has 0 radical (unpaired) electrons. The van der Waals surface area contributed by atoms with Crippen molar-refractivity contribution in [1.82, 2.24) is 0 Å². The van der Waals surface area contributed by atoms with Crippen LogP contribution in [0, 0.1) is 0 Å². The van der Waals surface area contributed by atoms with E-state index in [9.17, 15) is 14.4 Å². The first-order valence-electron chi connectivity index (χ1n) is 8.36. The molecule has 2 N–H and O–H groups in total. The summed E-state index contributed by atoms with van der Waals surface area (Å²) in [4.78, 5) is 34.6. The van der Waals surface area contributed by atoms with Crippen LogP contribution in [0.5, 0.6) is 5.75 Å². The van der Waals surface area contributed by atoms with Gasteiger partial charge in [0, 0.05) is 26.5 Å². The van der Waals surface area contributed by atoms with Crippen molar-refractivity contribution in [1.29, 1.82) is 0 Å². The third-order valence-corrected chi connectivity index (χ3v) is 3.77. The predicted octanol–water partition coefficient (Wildman–Crippen LogP) is 1.19. The molecule has 1 aromatic rings. The molecule has 1 heterocycles. The minimum absolute atomic E-state index is 0.408. The number of hydrogen-bond acceptors (Lipinski definition) is 9. The van der Waals surface area contributed by atoms with Gasteiger partial charge in [0.05, 0.1) is 6.10 Å². The number of rotatable bonds is 5. The zero-order chi connectivity index (χ0) is 20.1. The molecule has 1 aromatic carbocycles. The highest BCUT2D eigenvalue weighted by Gasteiger charge is 2.51. The molecule has 1 fully saturated rings. The molecule has 5 atom stereocenters. The molecule has 0 spiro atoms. The lowest BCUT2D eigenvalue weighted by atomic mass is 9.99. The van der Waals surface area contributed by atoms with Gasteiger partial charge in [-0.15, -0.1) is 0 Å². The van der Waals surface area contributed by atoms with Crippen molar-refractivity contribution in [2.45, 2.75) is 58.4 Å². The van der Waals surface area contributed by atoms with E-state index in [2.05, 4.69) is 0 Å². The van der Waals surface area contributed by atoms with Gasteiger partial charge in [-0.1, -0.05) is 0 Å². The second-order valence-corrected chi connectivity index (χ2v) is 6.12. The van der Waals surface area contributed by atoms with Crippen LogP contribution in [0.2, 0.25) is 0 Å². The van der Waals surface area contributed by atoms with E-state index < -0.39 is 48.6 Å². The molecule has 0 bridgehead atoms. The van der Waals surface area contributed by atoms with Crippen LogP contribution in [0.25, 0.3) is 0 Å². The summed E-state index contributed by atoms with van der Waals surface area (Å²) in [5.41, 5.74) is 6.20. The van der Waals surface area contributed by atoms with Crippen LogP contribution in [-0.4, -0.2) is 48.6 Å². The number of ether oxygens (including phenoxy) is 5. The second kappa shape index (κ2) is 8.72. The number of benzene rings is 1. The van der Waals surface area contributed by atoms with E-state index in [0.29, 0.717) is 11.4 Å². The van der Waals surface area contributed by atoms with Crippen molar-refractivity contribution in [2.75, 3.05) is 5.73 Å². The number of nitrogen functional groups attached to an aromatic ring is 1. The standard InChI is InChI=1S/C18H23NO8/c1-9-15(24-10(2)20)16(25-11(3)21)17(26-12(4)22)18(23-9)27-14-7-5-13(19)6-8-14/h5-9,15-18H,19H2,1-4H3/t9?,15-,16?,17-,18-/m0/s1. The van der Waals surface area contributed by atoms with Crippen molar-refractivity contribution >= 4 is 23.6 Å². The zero-order valence-corrected chi connectivity index (χ0v) is 15.5. The van der Waals surface area contributed by atoms with Gasteiger partial charge in [-0.25, -0.2) is 0 Å². The number of nitrogens with two attached hydrogens (primary N) is 1. The van der Waals surface area contributed by atoms with Gasteiger partial charge in [0.25, 0.3) is 0 Å². The molecule has 9 nitrogen and oxygen atoms in total. The summed E-state index contributed by atoms with van der Waals surface area (Å²) in [5.74, 6) is -1.45. The van der Waals surface area contributed by atoms with Crippen LogP contribution in [0.15, 0.2) is 24.3 Å². The maximum atomic E-state index is 11.6. The highest BCUT2D eigenvalue weighted by molar-refractivity contribution is 5.68. The average Bonchev–Trinajstić information content (AvgIpc) is 2.55. The summed E-state index contributed by atoms with van der Waals surface area (Å²) in [6, 6.07) is 6.50. The van der Waals surface area contributed by atoms with Gasteiger partial charge in [0.1, 0.15) is 5.75 Å². The monoisotopic (exact) mass is 381 g/mol. The highest BCUT2D eigenvalue weighted by atomic mass is 16.7. The van der Waals surface area contributed by atoms with Gasteiger partial charge in [0.2, 0.25) is 12.4 Å². The molecule has 9 heteroatoms. The molecule has 0 aliphatic carbocycles. The molecular formula is C18H23NO8. The van der Waals surface area contributed by atoms with Gasteiger partial charge < -0.3 is 29.4 Å². The van der Waals surface area contributed by atoms with Crippen molar-refractivity contribution in [2.24, 2.45) is 0 Å². The summed E-state index contributed by atoms with van der Waals surface area (Å²) in [6.45, 7) is 5.25. The first-order chi connectivity index (χ1) is 12.7. The summed E-state index contributed by atoms with van der Waals surface area (Å²) in [5, 5.41) is 0. The summed E-state index contributed by atoms with van der Waals surface area (Å²) < 4.78 is 27.4. The number of carbonyl (C=O) groups excluding carboxylic acids is 3. The SMILES string of the molecule is CC(=O)OC1[C@@H](OC(C)=O)C(C)O[C@@H](Oc2ccc(N)cc2)[C@H]1OC(C)=O. The third kappa shape index (κ3) is 5.58. The topological polar surface area (TPSA) is 123 Å². The Hall–Kier alpha value is -2.81. The van der Waals surface area contributed by atoms with Crippen molar-refractivity contribution in [3.05, 3.63) is 24.3 Å². The number of hydrogen-bond donors (Lipinski definition) is 1. The molecule has 1 saturated heterocycles. The smallest absolute Gasteiger partial charge is 0.303 e. The van der Waals surface area contributed by atoms with E-state index in [0.717, 1.165) is 0 Å². The third-order valence-electron chi connectivity index (χ3n) is 3.77. The molecule has 0 amide bonds. The summed E-state index contributed by atoms with van der Waals surface area (Å²) >= 11 is 0. The lowest BCUT2D eigenvalue weighted by Gasteiger charge is -2.43. The summed E-state index contributed by atoms with van der Waals surface area (Å²) in [7, 11) is 0. The lowest BCUT2D eigenvalue weighted by molar-refractivity contribution is -0.280. The van der Waals surface area contributed by atoms with Gasteiger partial charge in [-0.3, -0.25) is 14.4 Å². The molecule has 148 valence electrons. The Kier molecular flexibility index (Phi) is 6.62. The van der Waals surface area contributed by atoms with Gasteiger partial charge in [0.15, 0.2) is 12.2 Å². The normalized spacial score (nSPS) is 27.3. The molecule has 0 saturated carbocycles. The molecule has 2 rings (SSSR count). The van der Waals surface area contributed by atoms with E-state index in [1.807, 2.05) is 0 Å². The Labute approximate surface area is 156 Å². The minimum Gasteiger partial charge on any atom is -0.461 e. The van der Waals surface area contributed by atoms with Crippen LogP contribution < -0.4 is 10.5 Å². The maximum absolute atomic E-state index is 11.6. The Morgan fingerprint density at radius 2 is 1.33 bits per heavy atom. The van der Waals surface area contributed by atoms with E-state index in [1.165, 1.54) is 20.8 Å². The number of esters is 3. The van der Waals surface area contributed by atoms with E-state index in [-0.39, 0.29) is 0 Å². The van der Waals surface area contributed by atoms with Gasteiger partial charge in [-0.05, 0) is 31.2 Å². The highest BCUT2D eigenvalue weighted by Crippen LogP contribution is 2.30. The Morgan fingerprint density at radius 1 is 0.852 bits per heavy atom. The molecule has 1 aliphatic rings. The van der Waals surface area contributed by atoms with Gasteiger partial charge >= 0.3 is 17.9 Å². The van der Waals surface area contributed by atoms with Crippen molar-refractivity contribution in [3.8, 4) is 5.75 Å². The van der Waals surface area contributed by atoms with Crippen LogP contribution in [0.4, 0.5) is 5.69 Å². The molecule has 0 aromatic heterocycles. The zero-order valence-electron chi connectivity index (χ0n) is 15.5. The quantitative estimate of drug-likeness (QED) is 0.455. The van der Waals surface area contributed by atoms with E-state index >= 15 is 0 Å². The minimum atomic E-state index is -1.15. The van der Waals surface area contributed by atoms with E-state index in [1.54, 1.807) is 31.2 Å². The average molecular weight is 381 g/mol. The predicted molar refractivity (Wildman–Crippen MR) is 92.5 cm³/mol. The van der Waals surface area contributed by atoms with Crippen LogP contribution >= 0.6 is 0 Å². The number of carbonyl (C=O) groups is 3. The lowest BCUT2D eigenvalue weighted by Crippen LogP contribution is -2.62. The van der Waals surface area contributed by atoms with E-state index in [4.69, 9.17) is 29.4 Å².